The maximum atomic E-state index is 5.26. The molecule has 0 aliphatic rings. The first-order valence-electron chi connectivity index (χ1n) is 6.15. The van der Waals surface area contributed by atoms with Gasteiger partial charge in [0.25, 0.3) is 0 Å². The first kappa shape index (κ1) is 14.5. The second-order valence-corrected chi connectivity index (χ2v) is 6.22. The molecule has 0 saturated heterocycles. The van der Waals surface area contributed by atoms with Gasteiger partial charge >= 0.3 is 0 Å². The second-order valence-electron chi connectivity index (χ2n) is 4.38. The lowest BCUT2D eigenvalue weighted by atomic mass is 10.1. The molecule has 100 valence electrons. The first-order valence-corrected chi connectivity index (χ1v) is 8.10. The molecule has 3 heteroatoms. The number of benzene rings is 2. The van der Waals surface area contributed by atoms with E-state index in [2.05, 4.69) is 53.2 Å². The normalized spacial score (nSPS) is 10.5. The fourth-order valence-corrected chi connectivity index (χ4v) is 3.51. The van der Waals surface area contributed by atoms with E-state index in [1.165, 1.54) is 16.7 Å². The molecule has 1 nitrogen and oxygen atoms in total. The SMILES string of the molecule is COc1ccc(Br)c(CSCc2ccccc2C)c1. The predicted octanol–water partition coefficient (Wildman–Crippen LogP) is 5.20. The summed E-state index contributed by atoms with van der Waals surface area (Å²) in [5, 5.41) is 0. The minimum Gasteiger partial charge on any atom is -0.497 e. The lowest BCUT2D eigenvalue weighted by Gasteiger charge is -2.08. The van der Waals surface area contributed by atoms with Crippen molar-refractivity contribution in [2.75, 3.05) is 7.11 Å². The van der Waals surface area contributed by atoms with E-state index in [-0.39, 0.29) is 0 Å². The van der Waals surface area contributed by atoms with Gasteiger partial charge in [-0.05, 0) is 41.8 Å². The molecule has 0 aliphatic heterocycles. The van der Waals surface area contributed by atoms with Crippen LogP contribution in [0, 0.1) is 6.92 Å². The minimum atomic E-state index is 0.912. The Bertz CT molecular complexity index is 554. The summed E-state index contributed by atoms with van der Waals surface area (Å²) < 4.78 is 6.41. The molecule has 0 aliphatic carbocycles. The summed E-state index contributed by atoms with van der Waals surface area (Å²) >= 11 is 5.51. The lowest BCUT2D eigenvalue weighted by molar-refractivity contribution is 0.414. The molecular weight excluding hydrogens is 320 g/mol. The summed E-state index contributed by atoms with van der Waals surface area (Å²) in [4.78, 5) is 0. The Labute approximate surface area is 127 Å². The molecule has 19 heavy (non-hydrogen) atoms. The van der Waals surface area contributed by atoms with Crippen LogP contribution >= 0.6 is 27.7 Å². The Morgan fingerprint density at radius 2 is 1.79 bits per heavy atom. The fourth-order valence-electron chi connectivity index (χ4n) is 1.83. The molecule has 0 heterocycles. The van der Waals surface area contributed by atoms with Crippen LogP contribution in [-0.4, -0.2) is 7.11 Å². The highest BCUT2D eigenvalue weighted by Gasteiger charge is 2.03. The molecular formula is C16H17BrOS. The van der Waals surface area contributed by atoms with Crippen LogP contribution in [0.3, 0.4) is 0 Å². The molecule has 2 rings (SSSR count). The summed E-state index contributed by atoms with van der Waals surface area (Å²) in [6, 6.07) is 14.7. The minimum absolute atomic E-state index is 0.912. The van der Waals surface area contributed by atoms with E-state index < -0.39 is 0 Å². The van der Waals surface area contributed by atoms with E-state index in [4.69, 9.17) is 4.74 Å². The molecule has 0 unspecified atom stereocenters. The van der Waals surface area contributed by atoms with Gasteiger partial charge in [-0.1, -0.05) is 40.2 Å². The number of methoxy groups -OCH3 is 1. The zero-order valence-corrected chi connectivity index (χ0v) is 13.6. The number of hydrogen-bond acceptors (Lipinski definition) is 2. The van der Waals surface area contributed by atoms with Gasteiger partial charge in [0.2, 0.25) is 0 Å². The van der Waals surface area contributed by atoms with Crippen LogP contribution in [-0.2, 0) is 11.5 Å². The van der Waals surface area contributed by atoms with Crippen LogP contribution in [0.5, 0.6) is 5.75 Å². The van der Waals surface area contributed by atoms with Gasteiger partial charge in [0.05, 0.1) is 7.11 Å². The van der Waals surface area contributed by atoms with Gasteiger partial charge in [-0.3, -0.25) is 0 Å². The zero-order valence-electron chi connectivity index (χ0n) is 11.2. The lowest BCUT2D eigenvalue weighted by Crippen LogP contribution is -1.90. The number of rotatable bonds is 5. The number of halogens is 1. The number of aryl methyl sites for hydroxylation is 1. The van der Waals surface area contributed by atoms with Crippen molar-refractivity contribution >= 4 is 27.7 Å². The summed E-state index contributed by atoms with van der Waals surface area (Å²) in [5.41, 5.74) is 4.05. The van der Waals surface area contributed by atoms with E-state index >= 15 is 0 Å². The largest absolute Gasteiger partial charge is 0.497 e. The molecule has 0 aromatic heterocycles. The van der Waals surface area contributed by atoms with Crippen molar-refractivity contribution in [2.45, 2.75) is 18.4 Å². The van der Waals surface area contributed by atoms with Crippen LogP contribution in [0.2, 0.25) is 0 Å². The molecule has 0 radical (unpaired) electrons. The second kappa shape index (κ2) is 7.01. The maximum absolute atomic E-state index is 5.26. The van der Waals surface area contributed by atoms with Crippen molar-refractivity contribution in [1.82, 2.24) is 0 Å². The van der Waals surface area contributed by atoms with E-state index in [1.54, 1.807) is 7.11 Å². The third-order valence-electron chi connectivity index (χ3n) is 3.03. The Balaban J connectivity index is 1.98. The molecule has 0 saturated carbocycles. The summed E-state index contributed by atoms with van der Waals surface area (Å²) in [6.45, 7) is 2.16. The highest BCUT2D eigenvalue weighted by atomic mass is 79.9. The maximum Gasteiger partial charge on any atom is 0.119 e. The van der Waals surface area contributed by atoms with Crippen LogP contribution in [0.25, 0.3) is 0 Å². The number of hydrogen-bond donors (Lipinski definition) is 0. The first-order chi connectivity index (χ1) is 9.20. The van der Waals surface area contributed by atoms with Crippen molar-refractivity contribution in [2.24, 2.45) is 0 Å². The summed E-state index contributed by atoms with van der Waals surface area (Å²) in [5.74, 6) is 2.93. The Hall–Kier alpha value is -0.930. The van der Waals surface area contributed by atoms with E-state index in [0.29, 0.717) is 0 Å². The average molecular weight is 337 g/mol. The monoisotopic (exact) mass is 336 g/mol. The standard InChI is InChI=1S/C16H17BrOS/c1-12-5-3-4-6-13(12)10-19-11-14-9-15(18-2)7-8-16(14)17/h3-9H,10-11H2,1-2H3. The third kappa shape index (κ3) is 4.02. The Kier molecular flexibility index (Phi) is 5.34. The molecule has 0 fully saturated rings. The zero-order chi connectivity index (χ0) is 13.7. The van der Waals surface area contributed by atoms with Crippen molar-refractivity contribution in [1.29, 1.82) is 0 Å². The topological polar surface area (TPSA) is 9.23 Å². The van der Waals surface area contributed by atoms with Gasteiger partial charge in [0.1, 0.15) is 5.75 Å². The third-order valence-corrected chi connectivity index (χ3v) is 4.83. The van der Waals surface area contributed by atoms with Crippen LogP contribution in [0.15, 0.2) is 46.9 Å². The average Bonchev–Trinajstić information content (AvgIpc) is 2.43. The van der Waals surface area contributed by atoms with E-state index in [1.807, 2.05) is 23.9 Å². The highest BCUT2D eigenvalue weighted by molar-refractivity contribution is 9.10. The van der Waals surface area contributed by atoms with Gasteiger partial charge in [-0.15, -0.1) is 0 Å². The molecule has 2 aromatic carbocycles. The van der Waals surface area contributed by atoms with Gasteiger partial charge in [-0.2, -0.15) is 11.8 Å². The molecule has 0 amide bonds. The summed E-state index contributed by atoms with van der Waals surface area (Å²) in [6.07, 6.45) is 0. The van der Waals surface area contributed by atoms with E-state index in [0.717, 1.165) is 21.7 Å². The molecule has 0 atom stereocenters. The highest BCUT2D eigenvalue weighted by Crippen LogP contribution is 2.28. The van der Waals surface area contributed by atoms with Crippen LogP contribution < -0.4 is 4.74 Å². The molecule has 0 spiro atoms. The smallest absolute Gasteiger partial charge is 0.119 e. The van der Waals surface area contributed by atoms with Crippen molar-refractivity contribution in [3.63, 3.8) is 0 Å². The van der Waals surface area contributed by atoms with Crippen molar-refractivity contribution in [3.8, 4) is 5.75 Å². The Morgan fingerprint density at radius 1 is 1.05 bits per heavy atom. The molecule has 0 N–H and O–H groups in total. The van der Waals surface area contributed by atoms with Crippen molar-refractivity contribution < 1.29 is 4.74 Å². The van der Waals surface area contributed by atoms with Gasteiger partial charge < -0.3 is 4.74 Å². The molecule has 0 bridgehead atoms. The van der Waals surface area contributed by atoms with Gasteiger partial charge in [-0.25, -0.2) is 0 Å². The number of ether oxygens (including phenoxy) is 1. The Morgan fingerprint density at radius 3 is 2.53 bits per heavy atom. The fraction of sp³-hybridized carbons (Fsp3) is 0.250. The van der Waals surface area contributed by atoms with Gasteiger partial charge in [0, 0.05) is 16.0 Å². The van der Waals surface area contributed by atoms with Gasteiger partial charge in [0.15, 0.2) is 0 Å². The molecule has 2 aromatic rings. The number of thioether (sulfide) groups is 1. The summed E-state index contributed by atoms with van der Waals surface area (Å²) in [7, 11) is 1.70. The van der Waals surface area contributed by atoms with Crippen LogP contribution in [0.4, 0.5) is 0 Å². The van der Waals surface area contributed by atoms with Crippen molar-refractivity contribution in [3.05, 3.63) is 63.6 Å². The van der Waals surface area contributed by atoms with E-state index in [9.17, 15) is 0 Å². The quantitative estimate of drug-likeness (QED) is 0.742. The predicted molar refractivity (Wildman–Crippen MR) is 86.9 cm³/mol. The van der Waals surface area contributed by atoms with Crippen LogP contribution in [0.1, 0.15) is 16.7 Å².